The van der Waals surface area contributed by atoms with Crippen LogP contribution in [0.25, 0.3) is 0 Å². The third-order valence-electron chi connectivity index (χ3n) is 1.42. The van der Waals surface area contributed by atoms with Crippen LogP contribution in [0.3, 0.4) is 0 Å². The molecule has 0 unspecified atom stereocenters. The molecule has 60 valence electrons. The molecule has 0 aromatic rings. The molecule has 0 aromatic carbocycles. The summed E-state index contributed by atoms with van der Waals surface area (Å²) < 4.78 is 0. The number of hydrogen-bond acceptors (Lipinski definition) is 1. The fourth-order valence-corrected chi connectivity index (χ4v) is 1.15. The van der Waals surface area contributed by atoms with Gasteiger partial charge in [0.15, 0.2) is 0 Å². The Hall–Kier alpha value is -0.0500. The summed E-state index contributed by atoms with van der Waals surface area (Å²) in [6.07, 6.45) is 0.613. The predicted octanol–water partition coefficient (Wildman–Crippen LogP) is 1.64. The first-order valence-corrected chi connectivity index (χ1v) is 4.72. The van der Waals surface area contributed by atoms with E-state index in [0.29, 0.717) is 6.42 Å². The third-order valence-corrected chi connectivity index (χ3v) is 1.82. The highest BCUT2D eigenvalue weighted by atomic mass is 79.9. The molecule has 10 heavy (non-hydrogen) atoms. The maximum absolute atomic E-state index is 11.1. The van der Waals surface area contributed by atoms with Crippen LogP contribution in [0.5, 0.6) is 0 Å². The second-order valence-corrected chi connectivity index (χ2v) is 2.80. The van der Waals surface area contributed by atoms with E-state index in [4.69, 9.17) is 0 Å². The van der Waals surface area contributed by atoms with Crippen molar-refractivity contribution in [3.8, 4) is 0 Å². The minimum atomic E-state index is 0.238. The van der Waals surface area contributed by atoms with Crippen molar-refractivity contribution in [2.24, 2.45) is 0 Å². The highest BCUT2D eigenvalue weighted by Gasteiger charge is 2.06. The first-order valence-electron chi connectivity index (χ1n) is 3.60. The molecule has 0 spiro atoms. The number of amides is 1. The van der Waals surface area contributed by atoms with Crippen LogP contribution in [0.4, 0.5) is 0 Å². The zero-order valence-corrected chi connectivity index (χ0v) is 8.15. The van der Waals surface area contributed by atoms with Gasteiger partial charge in [-0.3, -0.25) is 4.79 Å². The summed E-state index contributed by atoms with van der Waals surface area (Å²) in [7, 11) is 0. The van der Waals surface area contributed by atoms with Gasteiger partial charge in [0.1, 0.15) is 0 Å². The van der Waals surface area contributed by atoms with Crippen molar-refractivity contribution >= 4 is 21.8 Å². The molecule has 0 saturated carbocycles. The fraction of sp³-hybridized carbons (Fsp3) is 0.857. The molecule has 0 fully saturated rings. The van der Waals surface area contributed by atoms with Crippen LogP contribution in [-0.2, 0) is 4.79 Å². The van der Waals surface area contributed by atoms with Crippen molar-refractivity contribution in [2.75, 3.05) is 18.4 Å². The van der Waals surface area contributed by atoms with Crippen molar-refractivity contribution in [2.45, 2.75) is 20.3 Å². The molecular weight excluding hydrogens is 194 g/mol. The quantitative estimate of drug-likeness (QED) is 0.643. The molecule has 0 aliphatic carbocycles. The highest BCUT2D eigenvalue weighted by Crippen LogP contribution is 1.95. The SMILES string of the molecule is CCN(CC)C(=O)CCBr. The molecule has 2 nitrogen and oxygen atoms in total. The second-order valence-electron chi connectivity index (χ2n) is 2.01. The van der Waals surface area contributed by atoms with E-state index in [1.54, 1.807) is 0 Å². The van der Waals surface area contributed by atoms with Crippen molar-refractivity contribution in [1.82, 2.24) is 4.90 Å². The lowest BCUT2D eigenvalue weighted by Gasteiger charge is -2.17. The predicted molar refractivity (Wildman–Crippen MR) is 46.3 cm³/mol. The Bertz CT molecular complexity index is 102. The van der Waals surface area contributed by atoms with Gasteiger partial charge in [0.2, 0.25) is 5.91 Å². The van der Waals surface area contributed by atoms with E-state index < -0.39 is 0 Å². The molecule has 0 bridgehead atoms. The van der Waals surface area contributed by atoms with E-state index in [2.05, 4.69) is 15.9 Å². The van der Waals surface area contributed by atoms with Gasteiger partial charge in [-0.25, -0.2) is 0 Å². The minimum Gasteiger partial charge on any atom is -0.343 e. The average Bonchev–Trinajstić information content (AvgIpc) is 1.91. The smallest absolute Gasteiger partial charge is 0.223 e. The summed E-state index contributed by atoms with van der Waals surface area (Å²) in [5.74, 6) is 0.238. The third kappa shape index (κ3) is 3.20. The summed E-state index contributed by atoms with van der Waals surface area (Å²) in [6, 6.07) is 0. The number of carbonyl (C=O) groups excluding carboxylic acids is 1. The van der Waals surface area contributed by atoms with E-state index in [0.717, 1.165) is 18.4 Å². The van der Waals surface area contributed by atoms with Crippen molar-refractivity contribution in [3.63, 3.8) is 0 Å². The molecule has 0 aliphatic heterocycles. The van der Waals surface area contributed by atoms with Crippen LogP contribution in [0, 0.1) is 0 Å². The molecule has 0 heterocycles. The minimum absolute atomic E-state index is 0.238. The lowest BCUT2D eigenvalue weighted by atomic mass is 10.4. The maximum atomic E-state index is 11.1. The standard InChI is InChI=1S/C7H14BrNO/c1-3-9(4-2)7(10)5-6-8/h3-6H2,1-2H3. The van der Waals surface area contributed by atoms with E-state index in [1.165, 1.54) is 0 Å². The summed E-state index contributed by atoms with van der Waals surface area (Å²) in [5.41, 5.74) is 0. The van der Waals surface area contributed by atoms with Gasteiger partial charge in [-0.1, -0.05) is 15.9 Å². The Morgan fingerprint density at radius 1 is 1.40 bits per heavy atom. The van der Waals surface area contributed by atoms with Gasteiger partial charge < -0.3 is 4.90 Å². The first kappa shape index (κ1) is 9.95. The van der Waals surface area contributed by atoms with Crippen LogP contribution in [-0.4, -0.2) is 29.2 Å². The number of rotatable bonds is 4. The number of carbonyl (C=O) groups is 1. The Kier molecular flexibility index (Phi) is 5.69. The van der Waals surface area contributed by atoms with Crippen LogP contribution < -0.4 is 0 Å². The Morgan fingerprint density at radius 2 is 1.90 bits per heavy atom. The largest absolute Gasteiger partial charge is 0.343 e. The first-order chi connectivity index (χ1) is 4.76. The van der Waals surface area contributed by atoms with Crippen molar-refractivity contribution in [3.05, 3.63) is 0 Å². The maximum Gasteiger partial charge on any atom is 0.223 e. The van der Waals surface area contributed by atoms with Crippen molar-refractivity contribution < 1.29 is 4.79 Å². The van der Waals surface area contributed by atoms with Gasteiger partial charge in [0.25, 0.3) is 0 Å². The van der Waals surface area contributed by atoms with Crippen LogP contribution in [0.1, 0.15) is 20.3 Å². The van der Waals surface area contributed by atoms with Gasteiger partial charge >= 0.3 is 0 Å². The molecular formula is C7H14BrNO. The van der Waals surface area contributed by atoms with Gasteiger partial charge in [-0.2, -0.15) is 0 Å². The molecule has 0 rings (SSSR count). The zero-order valence-electron chi connectivity index (χ0n) is 6.56. The fourth-order valence-electron chi connectivity index (χ4n) is 0.815. The van der Waals surface area contributed by atoms with Crippen LogP contribution in [0.15, 0.2) is 0 Å². The molecule has 0 N–H and O–H groups in total. The van der Waals surface area contributed by atoms with Gasteiger partial charge in [-0.15, -0.1) is 0 Å². The van der Waals surface area contributed by atoms with E-state index in [-0.39, 0.29) is 5.91 Å². The van der Waals surface area contributed by atoms with E-state index >= 15 is 0 Å². The zero-order chi connectivity index (χ0) is 7.98. The summed E-state index contributed by atoms with van der Waals surface area (Å²) in [4.78, 5) is 12.9. The highest BCUT2D eigenvalue weighted by molar-refractivity contribution is 9.09. The van der Waals surface area contributed by atoms with Gasteiger partial charge in [-0.05, 0) is 13.8 Å². The molecule has 0 aliphatic rings. The summed E-state index contributed by atoms with van der Waals surface area (Å²) in [5, 5.41) is 0.766. The number of alkyl halides is 1. The molecule has 0 radical (unpaired) electrons. The number of hydrogen-bond donors (Lipinski definition) is 0. The van der Waals surface area contributed by atoms with Gasteiger partial charge in [0.05, 0.1) is 0 Å². The van der Waals surface area contributed by atoms with Crippen LogP contribution in [0.2, 0.25) is 0 Å². The Balaban J connectivity index is 3.65. The number of nitrogens with zero attached hydrogens (tertiary/aromatic N) is 1. The van der Waals surface area contributed by atoms with E-state index in [9.17, 15) is 4.79 Å². The molecule has 0 saturated heterocycles. The Labute approximate surface area is 70.7 Å². The lowest BCUT2D eigenvalue weighted by Crippen LogP contribution is -2.30. The molecule has 0 atom stereocenters. The average molecular weight is 208 g/mol. The second kappa shape index (κ2) is 5.71. The summed E-state index contributed by atoms with van der Waals surface area (Å²) in [6.45, 7) is 5.63. The normalized spacial score (nSPS) is 9.50. The molecule has 0 aromatic heterocycles. The van der Waals surface area contributed by atoms with Gasteiger partial charge in [0, 0.05) is 24.8 Å². The molecule has 3 heteroatoms. The molecule has 1 amide bonds. The monoisotopic (exact) mass is 207 g/mol. The lowest BCUT2D eigenvalue weighted by molar-refractivity contribution is -0.130. The van der Waals surface area contributed by atoms with Crippen LogP contribution >= 0.6 is 15.9 Å². The summed E-state index contributed by atoms with van der Waals surface area (Å²) >= 11 is 3.23. The van der Waals surface area contributed by atoms with Crippen molar-refractivity contribution in [1.29, 1.82) is 0 Å². The Morgan fingerprint density at radius 3 is 2.20 bits per heavy atom. The number of halogens is 1. The van der Waals surface area contributed by atoms with E-state index in [1.807, 2.05) is 18.7 Å². The topological polar surface area (TPSA) is 20.3 Å².